The molecule has 0 aliphatic heterocycles. The molecule has 0 saturated heterocycles. The fourth-order valence-corrected chi connectivity index (χ4v) is 1.06. The summed E-state index contributed by atoms with van der Waals surface area (Å²) in [4.78, 5) is 0. The molecular formula is C8H14N2S. The van der Waals surface area contributed by atoms with Crippen molar-refractivity contribution in [1.29, 1.82) is 0 Å². The highest BCUT2D eigenvalue weighted by molar-refractivity contribution is 7.80. The zero-order valence-corrected chi connectivity index (χ0v) is 7.88. The van der Waals surface area contributed by atoms with Crippen molar-refractivity contribution in [3.63, 3.8) is 0 Å². The van der Waals surface area contributed by atoms with Crippen molar-refractivity contribution in [1.82, 2.24) is 9.78 Å². The van der Waals surface area contributed by atoms with Gasteiger partial charge in [0.15, 0.2) is 0 Å². The van der Waals surface area contributed by atoms with Gasteiger partial charge in [-0.2, -0.15) is 17.7 Å². The van der Waals surface area contributed by atoms with E-state index in [1.807, 2.05) is 16.9 Å². The lowest BCUT2D eigenvalue weighted by Crippen LogP contribution is -2.11. The maximum atomic E-state index is 4.22. The summed E-state index contributed by atoms with van der Waals surface area (Å²) in [5.74, 6) is 1.51. The minimum atomic E-state index is 0.594. The molecule has 0 N–H and O–H groups in total. The highest BCUT2D eigenvalue weighted by Crippen LogP contribution is 2.04. The quantitative estimate of drug-likeness (QED) is 0.684. The topological polar surface area (TPSA) is 17.8 Å². The average Bonchev–Trinajstić information content (AvgIpc) is 2.37. The smallest absolute Gasteiger partial charge is 0.0492 e. The van der Waals surface area contributed by atoms with Gasteiger partial charge in [0.25, 0.3) is 0 Å². The normalized spacial score (nSPS) is 13.4. The monoisotopic (exact) mass is 170 g/mol. The number of rotatable bonds is 3. The summed E-state index contributed by atoms with van der Waals surface area (Å²) in [6, 6.07) is 2.02. The Balaban J connectivity index is 2.56. The van der Waals surface area contributed by atoms with Crippen LogP contribution in [0.2, 0.25) is 0 Å². The van der Waals surface area contributed by atoms with Crippen LogP contribution in [0.15, 0.2) is 12.3 Å². The van der Waals surface area contributed by atoms with Gasteiger partial charge in [-0.1, -0.05) is 6.92 Å². The summed E-state index contributed by atoms with van der Waals surface area (Å²) in [6.07, 6.45) is 1.83. The van der Waals surface area contributed by atoms with Crippen molar-refractivity contribution >= 4 is 12.6 Å². The largest absolute Gasteiger partial charge is 0.270 e. The lowest BCUT2D eigenvalue weighted by atomic mass is 10.2. The first-order chi connectivity index (χ1) is 5.24. The van der Waals surface area contributed by atoms with Crippen molar-refractivity contribution in [2.45, 2.75) is 20.4 Å². The van der Waals surface area contributed by atoms with Crippen LogP contribution >= 0.6 is 12.6 Å². The number of aryl methyl sites for hydroxylation is 1. The van der Waals surface area contributed by atoms with Gasteiger partial charge in [0, 0.05) is 18.4 Å². The zero-order chi connectivity index (χ0) is 8.27. The molecule has 1 atom stereocenters. The molecule has 3 heteroatoms. The molecule has 0 saturated carbocycles. The van der Waals surface area contributed by atoms with Crippen LogP contribution in [-0.2, 0) is 6.54 Å². The molecule has 1 aromatic heterocycles. The molecule has 1 aromatic rings. The molecule has 0 aromatic carbocycles. The van der Waals surface area contributed by atoms with E-state index >= 15 is 0 Å². The van der Waals surface area contributed by atoms with E-state index in [1.165, 1.54) is 5.69 Å². The van der Waals surface area contributed by atoms with E-state index in [0.717, 1.165) is 12.3 Å². The van der Waals surface area contributed by atoms with E-state index in [-0.39, 0.29) is 0 Å². The summed E-state index contributed by atoms with van der Waals surface area (Å²) >= 11 is 4.22. The first-order valence-electron chi connectivity index (χ1n) is 3.83. The third-order valence-electron chi connectivity index (χ3n) is 1.73. The zero-order valence-electron chi connectivity index (χ0n) is 6.99. The number of thiol groups is 1. The van der Waals surface area contributed by atoms with Crippen LogP contribution in [0.4, 0.5) is 0 Å². The van der Waals surface area contributed by atoms with Gasteiger partial charge in [0.1, 0.15) is 0 Å². The Kier molecular flexibility index (Phi) is 3.00. The van der Waals surface area contributed by atoms with Crippen LogP contribution in [0, 0.1) is 12.8 Å². The molecule has 2 nitrogen and oxygen atoms in total. The summed E-state index contributed by atoms with van der Waals surface area (Å²) in [6.45, 7) is 5.22. The van der Waals surface area contributed by atoms with Gasteiger partial charge < -0.3 is 0 Å². The highest BCUT2D eigenvalue weighted by Gasteiger charge is 2.02. The van der Waals surface area contributed by atoms with Gasteiger partial charge in [-0.15, -0.1) is 0 Å². The molecular weight excluding hydrogens is 156 g/mol. The molecule has 0 bridgehead atoms. The summed E-state index contributed by atoms with van der Waals surface area (Å²) in [5.41, 5.74) is 1.22. The van der Waals surface area contributed by atoms with Crippen molar-refractivity contribution < 1.29 is 0 Å². The Labute approximate surface area is 73.0 Å². The molecule has 1 rings (SSSR count). The van der Waals surface area contributed by atoms with Gasteiger partial charge in [-0.3, -0.25) is 4.68 Å². The molecule has 1 heterocycles. The maximum absolute atomic E-state index is 4.22. The molecule has 0 aliphatic rings. The summed E-state index contributed by atoms with van der Waals surface area (Å²) in [7, 11) is 0. The maximum Gasteiger partial charge on any atom is 0.0492 e. The Bertz CT molecular complexity index is 220. The van der Waals surface area contributed by atoms with E-state index in [2.05, 4.69) is 31.6 Å². The molecule has 0 fully saturated rings. The third-order valence-corrected chi connectivity index (χ3v) is 2.35. The standard InChI is InChI=1S/C8H14N2S/c1-7(6-11)5-10-8(2)3-4-9-10/h3-4,7,11H,5-6H2,1-2H3. The summed E-state index contributed by atoms with van der Waals surface area (Å²) in [5, 5.41) is 4.19. The van der Waals surface area contributed by atoms with Gasteiger partial charge in [0.2, 0.25) is 0 Å². The van der Waals surface area contributed by atoms with Crippen molar-refractivity contribution in [2.24, 2.45) is 5.92 Å². The average molecular weight is 170 g/mol. The van der Waals surface area contributed by atoms with Gasteiger partial charge in [0.05, 0.1) is 0 Å². The van der Waals surface area contributed by atoms with Crippen molar-refractivity contribution in [3.05, 3.63) is 18.0 Å². The van der Waals surface area contributed by atoms with E-state index in [4.69, 9.17) is 0 Å². The second-order valence-corrected chi connectivity index (χ2v) is 3.31. The number of hydrogen-bond acceptors (Lipinski definition) is 2. The van der Waals surface area contributed by atoms with Crippen LogP contribution in [0.5, 0.6) is 0 Å². The predicted octanol–water partition coefficient (Wildman–Crippen LogP) is 1.76. The Morgan fingerprint density at radius 1 is 1.73 bits per heavy atom. The van der Waals surface area contributed by atoms with Crippen LogP contribution in [-0.4, -0.2) is 15.5 Å². The van der Waals surface area contributed by atoms with E-state index in [0.29, 0.717) is 5.92 Å². The van der Waals surface area contributed by atoms with Crippen LogP contribution in [0.3, 0.4) is 0 Å². The fraction of sp³-hybridized carbons (Fsp3) is 0.625. The molecule has 62 valence electrons. The van der Waals surface area contributed by atoms with Crippen molar-refractivity contribution in [3.8, 4) is 0 Å². The third kappa shape index (κ3) is 2.26. The first-order valence-corrected chi connectivity index (χ1v) is 4.46. The van der Waals surface area contributed by atoms with Gasteiger partial charge >= 0.3 is 0 Å². The first kappa shape index (κ1) is 8.65. The Morgan fingerprint density at radius 2 is 2.45 bits per heavy atom. The van der Waals surface area contributed by atoms with Crippen LogP contribution < -0.4 is 0 Å². The number of nitrogens with zero attached hydrogens (tertiary/aromatic N) is 2. The van der Waals surface area contributed by atoms with Gasteiger partial charge in [-0.05, 0) is 24.7 Å². The molecule has 0 radical (unpaired) electrons. The SMILES string of the molecule is Cc1ccnn1CC(C)CS. The van der Waals surface area contributed by atoms with E-state index in [1.54, 1.807) is 0 Å². The Morgan fingerprint density at radius 3 is 2.91 bits per heavy atom. The minimum Gasteiger partial charge on any atom is -0.270 e. The predicted molar refractivity (Wildman–Crippen MR) is 50.0 cm³/mol. The van der Waals surface area contributed by atoms with E-state index < -0.39 is 0 Å². The van der Waals surface area contributed by atoms with Gasteiger partial charge in [-0.25, -0.2) is 0 Å². The molecule has 0 spiro atoms. The number of hydrogen-bond donors (Lipinski definition) is 1. The molecule has 0 amide bonds. The summed E-state index contributed by atoms with van der Waals surface area (Å²) < 4.78 is 2.01. The lowest BCUT2D eigenvalue weighted by molar-refractivity contribution is 0.481. The lowest BCUT2D eigenvalue weighted by Gasteiger charge is -2.08. The van der Waals surface area contributed by atoms with Crippen LogP contribution in [0.1, 0.15) is 12.6 Å². The second-order valence-electron chi connectivity index (χ2n) is 2.94. The molecule has 1 unspecified atom stereocenters. The van der Waals surface area contributed by atoms with Crippen LogP contribution in [0.25, 0.3) is 0 Å². The minimum absolute atomic E-state index is 0.594. The Hall–Kier alpha value is -0.440. The molecule has 11 heavy (non-hydrogen) atoms. The molecule has 0 aliphatic carbocycles. The van der Waals surface area contributed by atoms with Crippen molar-refractivity contribution in [2.75, 3.05) is 5.75 Å². The van der Waals surface area contributed by atoms with E-state index in [9.17, 15) is 0 Å². The highest BCUT2D eigenvalue weighted by atomic mass is 32.1. The number of aromatic nitrogens is 2. The fourth-order valence-electron chi connectivity index (χ4n) is 0.943. The second kappa shape index (κ2) is 3.81.